The first-order valence-electron chi connectivity index (χ1n) is 27.3. The van der Waals surface area contributed by atoms with Crippen molar-refractivity contribution in [3.63, 3.8) is 0 Å². The van der Waals surface area contributed by atoms with Crippen LogP contribution in [0.15, 0.2) is 36.4 Å². The van der Waals surface area contributed by atoms with Crippen molar-refractivity contribution in [2.45, 2.75) is 247 Å². The summed E-state index contributed by atoms with van der Waals surface area (Å²) in [6.07, 6.45) is -3.61. The third-order valence-electron chi connectivity index (χ3n) is 19.4. The minimum Gasteiger partial charge on any atom is -0.458 e. The highest BCUT2D eigenvalue weighted by atomic mass is 16.8. The number of esters is 1. The monoisotopic (exact) mass is 1040 g/mol. The molecular formula is C56H84O18. The summed E-state index contributed by atoms with van der Waals surface area (Å²) in [6, 6.07) is 9.46. The zero-order valence-corrected chi connectivity index (χ0v) is 44.7. The number of aliphatic hydroxyl groups is 5. The van der Waals surface area contributed by atoms with Crippen molar-refractivity contribution in [1.82, 2.24) is 0 Å². The van der Waals surface area contributed by atoms with Gasteiger partial charge in [0.05, 0.1) is 60.5 Å². The van der Waals surface area contributed by atoms with E-state index in [2.05, 4.69) is 6.92 Å². The Labute approximate surface area is 435 Å². The Balaban J connectivity index is 0.782. The van der Waals surface area contributed by atoms with Crippen molar-refractivity contribution in [3.05, 3.63) is 42.0 Å². The van der Waals surface area contributed by atoms with Crippen molar-refractivity contribution in [1.29, 1.82) is 0 Å². The summed E-state index contributed by atoms with van der Waals surface area (Å²) in [4.78, 5) is 26.8. The number of fused-ring (bicyclic) bond motifs is 5. The van der Waals surface area contributed by atoms with Crippen LogP contribution in [-0.2, 0) is 61.7 Å². The average Bonchev–Trinajstić information content (AvgIpc) is 3.66. The lowest BCUT2D eigenvalue weighted by Crippen LogP contribution is -2.76. The quantitative estimate of drug-likeness (QED) is 0.0947. The molecule has 0 spiro atoms. The Morgan fingerprint density at radius 3 is 1.80 bits per heavy atom. The van der Waals surface area contributed by atoms with Gasteiger partial charge in [-0.3, -0.25) is 4.79 Å². The number of Topliss-reactive ketones (excluding diaryl/α,β-unsaturated/α-hetero) is 1. The number of methoxy groups -OCH3 is 2. The normalized spacial score (nSPS) is 49.6. The van der Waals surface area contributed by atoms with E-state index in [1.807, 2.05) is 44.2 Å². The van der Waals surface area contributed by atoms with E-state index in [1.54, 1.807) is 34.0 Å². The Morgan fingerprint density at radius 2 is 1.20 bits per heavy atom. The topological polar surface area (TPSA) is 237 Å². The third-order valence-corrected chi connectivity index (χ3v) is 19.4. The molecular weight excluding hydrogens is 961 g/mol. The van der Waals surface area contributed by atoms with Gasteiger partial charge in [-0.15, -0.1) is 0 Å². The van der Waals surface area contributed by atoms with Gasteiger partial charge in [-0.2, -0.15) is 0 Å². The molecule has 416 valence electrons. The largest absolute Gasteiger partial charge is 0.458 e. The first kappa shape index (κ1) is 56.2. The molecule has 0 radical (unpaired) electrons. The standard InChI is InChI=1S/C56H84O18/c1-29(57)37-19-22-56(63)54(37,7)43(71-44(60)16-15-34-13-11-10-12-14-34)28-42-53(6)20-18-36(23-35(53)17-21-55(42,56)62)70-47-27-41(65-9)52(33(5)69-47)74-46-25-39(59)50(31(3)68-46)72-45-24-38(58)51(32(4)67-45)73-48-26-40(64-8)49(61)30(2)66-48/h10-16,30-33,35-43,45-52,58-59,61-63H,17-28H2,1-9H3/b16-15+/t30-,31-,32-,33-,35+,36+,37+,38+,39+,40-,41+,42-,43-,45+,46+,47+,48+,49-,50-,51-,52-,53+,54+,55+,56-/m1/s1. The molecule has 4 saturated carbocycles. The molecule has 4 saturated heterocycles. The van der Waals surface area contributed by atoms with Crippen LogP contribution in [0.2, 0.25) is 0 Å². The summed E-state index contributed by atoms with van der Waals surface area (Å²) >= 11 is 0. The summed E-state index contributed by atoms with van der Waals surface area (Å²) in [5.74, 6) is -1.47. The molecule has 8 aliphatic rings. The van der Waals surface area contributed by atoms with Gasteiger partial charge in [-0.1, -0.05) is 44.2 Å². The van der Waals surface area contributed by atoms with Crippen LogP contribution >= 0.6 is 0 Å². The van der Waals surface area contributed by atoms with Crippen molar-refractivity contribution < 1.29 is 87.2 Å². The lowest BCUT2D eigenvalue weighted by atomic mass is 9.40. The number of carbonyl (C=O) groups is 2. The summed E-state index contributed by atoms with van der Waals surface area (Å²) < 4.78 is 68.3. The van der Waals surface area contributed by atoms with E-state index in [9.17, 15) is 35.1 Å². The first-order chi connectivity index (χ1) is 35.1. The Hall–Kier alpha value is -2.50. The highest BCUT2D eigenvalue weighted by molar-refractivity contribution is 5.87. The highest BCUT2D eigenvalue weighted by Gasteiger charge is 2.78. The molecule has 18 heteroatoms. The zero-order valence-electron chi connectivity index (χ0n) is 44.7. The number of aliphatic hydroxyl groups excluding tert-OH is 3. The van der Waals surface area contributed by atoms with Gasteiger partial charge in [-0.05, 0) is 115 Å². The van der Waals surface area contributed by atoms with Crippen molar-refractivity contribution in [2.75, 3.05) is 14.2 Å². The van der Waals surface area contributed by atoms with E-state index in [0.717, 1.165) is 5.56 Å². The number of hydrogen-bond acceptors (Lipinski definition) is 18. The SMILES string of the molecule is CO[C@H]1C[C@H](O[C@H]2CC[C@@]3(C)[C@@H](CC[C@]4(O)[C@@H]3C[C@@H](OC(=O)/C=C/c3ccccc3)[C@]3(C)[C@H](C(C)=O)CC[C@@]34O)C2)O[C@H](C)[C@H]1O[C@H]1C[C@H](O)[C@H](O[C@H]2C[C@H](O)[C@H](O[C@H]3C[C@@H](OC)[C@H](O)[C@@H](C)O3)[C@@H](C)O2)[C@@H](C)O1. The lowest BCUT2D eigenvalue weighted by Gasteiger charge is -2.68. The number of benzene rings is 1. The molecule has 4 aliphatic heterocycles. The number of ether oxygens (including phenoxy) is 11. The van der Waals surface area contributed by atoms with Crippen LogP contribution in [0.1, 0.15) is 131 Å². The van der Waals surface area contributed by atoms with Crippen LogP contribution in [0.4, 0.5) is 0 Å². The number of hydrogen-bond donors (Lipinski definition) is 5. The van der Waals surface area contributed by atoms with E-state index in [-0.39, 0.29) is 37.1 Å². The minimum atomic E-state index is -1.65. The summed E-state index contributed by atoms with van der Waals surface area (Å²) in [5, 5.41) is 58.9. The predicted molar refractivity (Wildman–Crippen MR) is 264 cm³/mol. The van der Waals surface area contributed by atoms with Crippen LogP contribution in [-0.4, -0.2) is 173 Å². The molecule has 4 heterocycles. The van der Waals surface area contributed by atoms with Gasteiger partial charge < -0.3 is 77.6 Å². The molecule has 0 bridgehead atoms. The fourth-order valence-corrected chi connectivity index (χ4v) is 15.2. The summed E-state index contributed by atoms with van der Waals surface area (Å²) in [7, 11) is 3.15. The molecule has 1 aromatic carbocycles. The van der Waals surface area contributed by atoms with Crippen LogP contribution in [0, 0.1) is 28.6 Å². The van der Waals surface area contributed by atoms with Crippen LogP contribution in [0.5, 0.6) is 0 Å². The predicted octanol–water partition coefficient (Wildman–Crippen LogP) is 4.89. The first-order valence-corrected chi connectivity index (χ1v) is 27.3. The van der Waals surface area contributed by atoms with Crippen LogP contribution < -0.4 is 0 Å². The van der Waals surface area contributed by atoms with Crippen molar-refractivity contribution in [2.24, 2.45) is 28.6 Å². The molecule has 0 unspecified atom stereocenters. The molecule has 1 aromatic rings. The van der Waals surface area contributed by atoms with E-state index in [1.165, 1.54) is 20.1 Å². The second-order valence-electron chi connectivity index (χ2n) is 23.5. The molecule has 0 amide bonds. The highest BCUT2D eigenvalue weighted by Crippen LogP contribution is 2.71. The van der Waals surface area contributed by atoms with Crippen molar-refractivity contribution >= 4 is 17.8 Å². The van der Waals surface area contributed by atoms with Crippen molar-refractivity contribution in [3.8, 4) is 0 Å². The maximum absolute atomic E-state index is 13.6. The molecule has 25 atom stereocenters. The summed E-state index contributed by atoms with van der Waals surface area (Å²) in [6.45, 7) is 12.8. The fraction of sp³-hybridized carbons (Fsp3) is 0.821. The Kier molecular flexibility index (Phi) is 17.0. The van der Waals surface area contributed by atoms with Crippen LogP contribution in [0.3, 0.4) is 0 Å². The third kappa shape index (κ3) is 10.5. The van der Waals surface area contributed by atoms with E-state index < -0.39 is 144 Å². The summed E-state index contributed by atoms with van der Waals surface area (Å²) in [5.41, 5.74) is -3.89. The zero-order chi connectivity index (χ0) is 53.1. The maximum atomic E-state index is 13.6. The fourth-order valence-electron chi connectivity index (χ4n) is 15.2. The second-order valence-corrected chi connectivity index (χ2v) is 23.5. The van der Waals surface area contributed by atoms with Gasteiger partial charge >= 0.3 is 5.97 Å². The molecule has 5 N–H and O–H groups in total. The molecule has 9 rings (SSSR count). The van der Waals surface area contributed by atoms with Gasteiger partial charge in [-0.25, -0.2) is 4.79 Å². The van der Waals surface area contributed by atoms with Gasteiger partial charge in [0.1, 0.15) is 41.9 Å². The van der Waals surface area contributed by atoms with Gasteiger partial charge in [0.15, 0.2) is 25.2 Å². The molecule has 0 aromatic heterocycles. The molecule has 4 aliphatic carbocycles. The smallest absolute Gasteiger partial charge is 0.331 e. The Morgan fingerprint density at radius 1 is 0.649 bits per heavy atom. The van der Waals surface area contributed by atoms with Crippen LogP contribution in [0.25, 0.3) is 6.08 Å². The Bertz CT molecular complexity index is 2090. The van der Waals surface area contributed by atoms with E-state index in [0.29, 0.717) is 57.8 Å². The molecule has 74 heavy (non-hydrogen) atoms. The number of rotatable bonds is 14. The van der Waals surface area contributed by atoms with Gasteiger partial charge in [0.25, 0.3) is 0 Å². The second kappa shape index (κ2) is 22.3. The molecule has 8 fully saturated rings. The lowest BCUT2D eigenvalue weighted by molar-refractivity contribution is -0.346. The van der Waals surface area contributed by atoms with Gasteiger partial charge in [0, 0.05) is 57.3 Å². The maximum Gasteiger partial charge on any atom is 0.331 e. The average molecular weight is 1050 g/mol. The number of carbonyl (C=O) groups excluding carboxylic acids is 2. The minimum absolute atomic E-state index is 0.0804. The number of ketones is 1. The van der Waals surface area contributed by atoms with E-state index in [4.69, 9.17) is 52.1 Å². The van der Waals surface area contributed by atoms with Gasteiger partial charge in [0.2, 0.25) is 0 Å². The molecule has 18 nitrogen and oxygen atoms in total. The van der Waals surface area contributed by atoms with E-state index >= 15 is 0 Å².